The van der Waals surface area contributed by atoms with Gasteiger partial charge in [-0.3, -0.25) is 14.4 Å². The smallest absolute Gasteiger partial charge is 0.261 e. The first-order chi connectivity index (χ1) is 16.7. The third kappa shape index (κ3) is 6.16. The minimum absolute atomic E-state index is 0.0251. The summed E-state index contributed by atoms with van der Waals surface area (Å²) in [5, 5.41) is 0.412. The lowest BCUT2D eigenvalue weighted by Crippen LogP contribution is -2.57. The van der Waals surface area contributed by atoms with Gasteiger partial charge in [0.25, 0.3) is 11.8 Å². The van der Waals surface area contributed by atoms with Crippen molar-refractivity contribution in [2.75, 3.05) is 33.3 Å². The number of piperazine rings is 1. The maximum Gasteiger partial charge on any atom is 0.261 e. The molecule has 1 aliphatic rings. The molecule has 0 spiro atoms. The first kappa shape index (κ1) is 26.1. The number of hydrogen-bond donors (Lipinski definition) is 1. The second kappa shape index (κ2) is 11.3. The van der Waals surface area contributed by atoms with Crippen molar-refractivity contribution < 1.29 is 31.9 Å². The monoisotopic (exact) mass is 505 g/mol. The summed E-state index contributed by atoms with van der Waals surface area (Å²) in [5.74, 6) is -1.75. The van der Waals surface area contributed by atoms with Crippen LogP contribution in [-0.4, -0.2) is 74.6 Å². The molecule has 1 heterocycles. The average Bonchev–Trinajstić information content (AvgIpc) is 2.87. The number of methoxy groups -OCH3 is 1. The van der Waals surface area contributed by atoms with Crippen LogP contribution in [0.25, 0.3) is 0 Å². The van der Waals surface area contributed by atoms with Gasteiger partial charge >= 0.3 is 0 Å². The Balaban J connectivity index is 1.86. The third-order valence-electron chi connectivity index (χ3n) is 5.70. The van der Waals surface area contributed by atoms with Crippen molar-refractivity contribution in [3.05, 3.63) is 59.9 Å². The summed E-state index contributed by atoms with van der Waals surface area (Å²) in [4.78, 5) is 41.1. The highest BCUT2D eigenvalue weighted by molar-refractivity contribution is 7.92. The fourth-order valence-electron chi connectivity index (χ4n) is 3.69. The fraction of sp³-hybridized carbons (Fsp3) is 0.375. The number of ether oxygens (including phenoxy) is 1. The van der Waals surface area contributed by atoms with Gasteiger partial charge in [0, 0.05) is 38.2 Å². The Hall–Kier alpha value is -3.47. The van der Waals surface area contributed by atoms with Gasteiger partial charge < -0.3 is 19.9 Å². The van der Waals surface area contributed by atoms with Crippen molar-refractivity contribution in [3.63, 3.8) is 0 Å². The Kier molecular flexibility index (Phi) is 8.44. The largest absolute Gasteiger partial charge is 0.497 e. The van der Waals surface area contributed by atoms with E-state index >= 15 is 0 Å². The first-order valence-electron chi connectivity index (χ1n) is 11.2. The number of carbonyl (C=O) groups excluding carboxylic acids is 3. The van der Waals surface area contributed by atoms with Gasteiger partial charge in [-0.25, -0.2) is 12.8 Å². The van der Waals surface area contributed by atoms with Crippen LogP contribution in [-0.2, 0) is 19.4 Å². The van der Waals surface area contributed by atoms with E-state index in [1.807, 2.05) is 6.92 Å². The predicted octanol–water partition coefficient (Wildman–Crippen LogP) is 1.84. The summed E-state index contributed by atoms with van der Waals surface area (Å²) < 4.78 is 45.2. The number of sulfone groups is 1. The molecule has 3 amide bonds. The Labute approximate surface area is 203 Å². The topological polar surface area (TPSA) is 113 Å². The van der Waals surface area contributed by atoms with E-state index in [1.54, 1.807) is 4.90 Å². The van der Waals surface area contributed by atoms with Gasteiger partial charge in [-0.2, -0.15) is 0 Å². The molecular weight excluding hydrogens is 477 g/mol. The molecule has 35 heavy (non-hydrogen) atoms. The second-order valence-electron chi connectivity index (χ2n) is 8.04. The lowest BCUT2D eigenvalue weighted by molar-refractivity contribution is -0.139. The Morgan fingerprint density at radius 2 is 1.54 bits per heavy atom. The summed E-state index contributed by atoms with van der Waals surface area (Å²) >= 11 is 0. The van der Waals surface area contributed by atoms with Crippen molar-refractivity contribution >= 4 is 27.6 Å². The number of nitrogens with zero attached hydrogens (tertiary/aromatic N) is 2. The molecule has 2 aromatic carbocycles. The van der Waals surface area contributed by atoms with Crippen LogP contribution in [0, 0.1) is 5.82 Å². The van der Waals surface area contributed by atoms with Gasteiger partial charge in [-0.1, -0.05) is 6.92 Å². The highest BCUT2D eigenvalue weighted by Crippen LogP contribution is 2.19. The van der Waals surface area contributed by atoms with Gasteiger partial charge in [0.1, 0.15) is 11.6 Å². The predicted molar refractivity (Wildman–Crippen MR) is 126 cm³/mol. The van der Waals surface area contributed by atoms with Crippen LogP contribution in [0.2, 0.25) is 0 Å². The van der Waals surface area contributed by atoms with Gasteiger partial charge in [-0.05, 0) is 55.0 Å². The van der Waals surface area contributed by atoms with Crippen LogP contribution in [0.5, 0.6) is 5.75 Å². The fourth-order valence-corrected chi connectivity index (χ4v) is 5.16. The Bertz CT molecular complexity index is 1160. The normalized spacial score (nSPS) is 14.8. The van der Waals surface area contributed by atoms with Crippen molar-refractivity contribution in [1.29, 1.82) is 0 Å². The molecule has 188 valence electrons. The number of nitrogens with one attached hydrogen (secondary N) is 1. The van der Waals surface area contributed by atoms with Crippen LogP contribution in [0.15, 0.2) is 53.4 Å². The van der Waals surface area contributed by atoms with Crippen molar-refractivity contribution in [3.8, 4) is 5.75 Å². The lowest BCUT2D eigenvalue weighted by Gasteiger charge is -2.36. The summed E-state index contributed by atoms with van der Waals surface area (Å²) in [6.07, 6.45) is 1.10. The van der Waals surface area contributed by atoms with E-state index in [9.17, 15) is 27.2 Å². The van der Waals surface area contributed by atoms with Crippen molar-refractivity contribution in [2.24, 2.45) is 0 Å². The number of hydrogen-bond acceptors (Lipinski definition) is 6. The molecule has 0 aliphatic carbocycles. The molecule has 1 saturated heterocycles. The molecule has 1 atom stereocenters. The highest BCUT2D eigenvalue weighted by Gasteiger charge is 2.39. The molecule has 0 aromatic heterocycles. The Morgan fingerprint density at radius 1 is 0.971 bits per heavy atom. The molecule has 3 rings (SSSR count). The molecule has 1 N–H and O–H groups in total. The SMILES string of the molecule is CCCC(=O)N1CCN(C(=O)[C@@H](NC(=O)c2ccc(OC)cc2)S(=O)(=O)c2ccc(F)cc2)CC1. The third-order valence-corrected chi connectivity index (χ3v) is 7.57. The van der Waals surface area contributed by atoms with Gasteiger partial charge in [-0.15, -0.1) is 0 Å². The van der Waals surface area contributed by atoms with E-state index in [2.05, 4.69) is 5.32 Å². The standard InChI is InChI=1S/C24H28FN3O6S/c1-3-4-21(29)27-13-15-28(16-14-27)24(31)23(35(32,33)20-11-7-18(25)8-12-20)26-22(30)17-5-9-19(34-2)10-6-17/h5-12,23H,3-4,13-16H2,1-2H3,(H,26,30)/t23-/m0/s1. The molecule has 0 bridgehead atoms. The molecular formula is C24H28FN3O6S. The minimum atomic E-state index is -4.42. The van der Waals surface area contributed by atoms with Crippen LogP contribution in [0.1, 0.15) is 30.1 Å². The van der Waals surface area contributed by atoms with Crippen LogP contribution in [0.4, 0.5) is 4.39 Å². The average molecular weight is 506 g/mol. The maximum absolute atomic E-state index is 13.4. The van der Waals surface area contributed by atoms with Crippen molar-refractivity contribution in [1.82, 2.24) is 15.1 Å². The van der Waals surface area contributed by atoms with E-state index in [1.165, 1.54) is 36.3 Å². The molecule has 0 saturated carbocycles. The van der Waals surface area contributed by atoms with E-state index in [0.29, 0.717) is 18.6 Å². The quantitative estimate of drug-likeness (QED) is 0.548. The van der Waals surface area contributed by atoms with Crippen molar-refractivity contribution in [2.45, 2.75) is 30.0 Å². The summed E-state index contributed by atoms with van der Waals surface area (Å²) in [7, 11) is -2.95. The zero-order chi connectivity index (χ0) is 25.6. The molecule has 9 nitrogen and oxygen atoms in total. The molecule has 1 fully saturated rings. The maximum atomic E-state index is 13.4. The van der Waals surface area contributed by atoms with Gasteiger partial charge in [0.15, 0.2) is 0 Å². The molecule has 0 unspecified atom stereocenters. The second-order valence-corrected chi connectivity index (χ2v) is 10.1. The van der Waals surface area contributed by atoms with Crippen LogP contribution >= 0.6 is 0 Å². The molecule has 11 heteroatoms. The molecule has 1 aliphatic heterocycles. The minimum Gasteiger partial charge on any atom is -0.497 e. The Morgan fingerprint density at radius 3 is 2.09 bits per heavy atom. The summed E-state index contributed by atoms with van der Waals surface area (Å²) in [6, 6.07) is 9.99. The van der Waals surface area contributed by atoms with E-state index in [0.717, 1.165) is 24.3 Å². The summed E-state index contributed by atoms with van der Waals surface area (Å²) in [6.45, 7) is 2.68. The van der Waals surface area contributed by atoms with Crippen LogP contribution < -0.4 is 10.1 Å². The summed E-state index contributed by atoms with van der Waals surface area (Å²) in [5.41, 5.74) is 0.132. The van der Waals surface area contributed by atoms with E-state index < -0.39 is 32.8 Å². The van der Waals surface area contributed by atoms with E-state index in [4.69, 9.17) is 4.74 Å². The van der Waals surface area contributed by atoms with Crippen LogP contribution in [0.3, 0.4) is 0 Å². The van der Waals surface area contributed by atoms with Gasteiger partial charge in [0.2, 0.25) is 21.1 Å². The number of amides is 3. The molecule has 0 radical (unpaired) electrons. The van der Waals surface area contributed by atoms with E-state index in [-0.39, 0.29) is 42.5 Å². The number of halogens is 1. The zero-order valence-corrected chi connectivity index (χ0v) is 20.4. The number of rotatable bonds is 8. The van der Waals surface area contributed by atoms with Gasteiger partial charge in [0.05, 0.1) is 12.0 Å². The number of benzene rings is 2. The number of carbonyl (C=O) groups is 3. The highest BCUT2D eigenvalue weighted by atomic mass is 32.2. The first-order valence-corrected chi connectivity index (χ1v) is 12.7. The lowest BCUT2D eigenvalue weighted by atomic mass is 10.2. The molecule has 2 aromatic rings. The zero-order valence-electron chi connectivity index (χ0n) is 19.6.